The molecule has 0 radical (unpaired) electrons. The summed E-state index contributed by atoms with van der Waals surface area (Å²) >= 11 is 0. The Hall–Kier alpha value is -1.24. The van der Waals surface area contributed by atoms with Gasteiger partial charge in [0.15, 0.2) is 0 Å². The van der Waals surface area contributed by atoms with Crippen LogP contribution < -0.4 is 0 Å². The Morgan fingerprint density at radius 1 is 0.375 bits per heavy atom. The van der Waals surface area contributed by atoms with E-state index in [-0.39, 0.29) is 21.7 Å². The number of hydrogen-bond acceptors (Lipinski definition) is 0. The molecular formula is C15H15Ti-3. The van der Waals surface area contributed by atoms with E-state index in [2.05, 4.69) is 0 Å². The molecule has 0 aliphatic heterocycles. The van der Waals surface area contributed by atoms with Crippen LogP contribution in [0.4, 0.5) is 0 Å². The summed E-state index contributed by atoms with van der Waals surface area (Å²) in [6.07, 6.45) is 0. The molecule has 0 aliphatic carbocycles. The molecule has 16 heavy (non-hydrogen) atoms. The van der Waals surface area contributed by atoms with E-state index in [0.717, 1.165) is 0 Å². The van der Waals surface area contributed by atoms with E-state index in [4.69, 9.17) is 0 Å². The summed E-state index contributed by atoms with van der Waals surface area (Å²) in [6, 6.07) is 30.0. The minimum absolute atomic E-state index is 0. The average molecular weight is 243 g/mol. The van der Waals surface area contributed by atoms with Crippen LogP contribution in [-0.2, 0) is 21.7 Å². The molecule has 0 N–H and O–H groups in total. The second kappa shape index (κ2) is 11.8. The van der Waals surface area contributed by atoms with Crippen LogP contribution >= 0.6 is 0 Å². The molecular weight excluding hydrogens is 228 g/mol. The van der Waals surface area contributed by atoms with E-state index in [1.54, 1.807) is 0 Å². The minimum Gasteiger partial charge on any atom is -0.214 e. The quantitative estimate of drug-likeness (QED) is 0.409. The smallest absolute Gasteiger partial charge is 0 e. The van der Waals surface area contributed by atoms with Gasteiger partial charge in [0, 0.05) is 21.7 Å². The predicted molar refractivity (Wildman–Crippen MR) is 66.1 cm³/mol. The third kappa shape index (κ3) is 9.32. The maximum absolute atomic E-state index is 2.00. The Labute approximate surface area is 113 Å². The first kappa shape index (κ1) is 14.8. The van der Waals surface area contributed by atoms with E-state index in [1.165, 1.54) is 0 Å². The Kier molecular flexibility index (Phi) is 10.9. The Bertz CT molecular complexity index is 237. The van der Waals surface area contributed by atoms with Crippen molar-refractivity contribution in [1.29, 1.82) is 0 Å². The zero-order chi connectivity index (χ0) is 10.6. The van der Waals surface area contributed by atoms with Gasteiger partial charge in [-0.1, -0.05) is 0 Å². The van der Waals surface area contributed by atoms with Crippen molar-refractivity contribution in [1.82, 2.24) is 0 Å². The van der Waals surface area contributed by atoms with Gasteiger partial charge in [-0.15, -0.1) is 0 Å². The molecule has 0 amide bonds. The van der Waals surface area contributed by atoms with Crippen molar-refractivity contribution < 1.29 is 21.7 Å². The summed E-state index contributed by atoms with van der Waals surface area (Å²) < 4.78 is 0. The van der Waals surface area contributed by atoms with Crippen molar-refractivity contribution in [3.63, 3.8) is 0 Å². The van der Waals surface area contributed by atoms with Crippen molar-refractivity contribution in [2.45, 2.75) is 0 Å². The van der Waals surface area contributed by atoms with Gasteiger partial charge in [-0.05, 0) is 0 Å². The van der Waals surface area contributed by atoms with Crippen LogP contribution in [0.1, 0.15) is 0 Å². The standard InChI is InChI=1S/3C5H5.Ti/c3*1-2-4-5-3-1;/h3*1-5H;/q3*-1;. The molecule has 0 unspecified atom stereocenters. The first-order valence-corrected chi connectivity index (χ1v) is 5.00. The Balaban J connectivity index is 0.000000205. The summed E-state index contributed by atoms with van der Waals surface area (Å²) in [4.78, 5) is 0. The van der Waals surface area contributed by atoms with Gasteiger partial charge in [-0.2, -0.15) is 54.6 Å². The van der Waals surface area contributed by atoms with Crippen molar-refractivity contribution in [3.8, 4) is 0 Å². The predicted octanol–water partition coefficient (Wildman–Crippen LogP) is 4.21. The molecule has 3 rings (SSSR count). The third-order valence-corrected chi connectivity index (χ3v) is 1.67. The summed E-state index contributed by atoms with van der Waals surface area (Å²) in [5, 5.41) is 0. The fourth-order valence-corrected chi connectivity index (χ4v) is 0.962. The van der Waals surface area contributed by atoms with Crippen LogP contribution in [0.3, 0.4) is 0 Å². The summed E-state index contributed by atoms with van der Waals surface area (Å²) in [5.74, 6) is 0. The molecule has 3 aromatic rings. The van der Waals surface area contributed by atoms with E-state index in [9.17, 15) is 0 Å². The van der Waals surface area contributed by atoms with E-state index in [0.29, 0.717) is 0 Å². The second-order valence-corrected chi connectivity index (χ2v) is 2.89. The fourth-order valence-electron chi connectivity index (χ4n) is 0.962. The zero-order valence-electron chi connectivity index (χ0n) is 9.16. The summed E-state index contributed by atoms with van der Waals surface area (Å²) in [5.41, 5.74) is 0. The van der Waals surface area contributed by atoms with E-state index >= 15 is 0 Å². The fraction of sp³-hybridized carbons (Fsp3) is 0. The van der Waals surface area contributed by atoms with E-state index < -0.39 is 0 Å². The summed E-state index contributed by atoms with van der Waals surface area (Å²) in [7, 11) is 0. The molecule has 82 valence electrons. The average Bonchev–Trinajstić information content (AvgIpc) is 3.09. The maximum atomic E-state index is 2.00. The van der Waals surface area contributed by atoms with Gasteiger partial charge in [0.25, 0.3) is 0 Å². The molecule has 0 nitrogen and oxygen atoms in total. The minimum atomic E-state index is 0. The normalized spacial score (nSPS) is 7.50. The first-order chi connectivity index (χ1) is 7.50. The van der Waals surface area contributed by atoms with E-state index in [1.807, 2.05) is 91.0 Å². The van der Waals surface area contributed by atoms with Gasteiger partial charge < -0.3 is 0 Å². The number of hydrogen-bond donors (Lipinski definition) is 0. The van der Waals surface area contributed by atoms with Gasteiger partial charge in [-0.3, -0.25) is 0 Å². The SMILES string of the molecule is [Ti].c1cc[cH-]c1.c1cc[cH-]c1.c1cc[cH-]c1. The topological polar surface area (TPSA) is 0 Å². The van der Waals surface area contributed by atoms with Crippen LogP contribution in [0.5, 0.6) is 0 Å². The van der Waals surface area contributed by atoms with Gasteiger partial charge in [0.1, 0.15) is 0 Å². The molecule has 0 aromatic heterocycles. The number of rotatable bonds is 0. The van der Waals surface area contributed by atoms with Gasteiger partial charge in [-0.25, -0.2) is 36.4 Å². The van der Waals surface area contributed by atoms with Crippen LogP contribution in [0.15, 0.2) is 91.0 Å². The third-order valence-electron chi connectivity index (χ3n) is 1.67. The van der Waals surface area contributed by atoms with Crippen molar-refractivity contribution in [3.05, 3.63) is 91.0 Å². The molecule has 0 heterocycles. The summed E-state index contributed by atoms with van der Waals surface area (Å²) in [6.45, 7) is 0. The van der Waals surface area contributed by atoms with Crippen LogP contribution in [0.2, 0.25) is 0 Å². The largest absolute Gasteiger partial charge is 0.214 e. The van der Waals surface area contributed by atoms with Crippen molar-refractivity contribution in [2.24, 2.45) is 0 Å². The van der Waals surface area contributed by atoms with Crippen LogP contribution in [0.25, 0.3) is 0 Å². The molecule has 1 heteroatoms. The van der Waals surface area contributed by atoms with Crippen LogP contribution in [0, 0.1) is 0 Å². The molecule has 0 atom stereocenters. The second-order valence-electron chi connectivity index (χ2n) is 2.89. The first-order valence-electron chi connectivity index (χ1n) is 5.00. The molecule has 0 bridgehead atoms. The van der Waals surface area contributed by atoms with Gasteiger partial charge in [0.05, 0.1) is 0 Å². The monoisotopic (exact) mass is 243 g/mol. The van der Waals surface area contributed by atoms with Gasteiger partial charge >= 0.3 is 0 Å². The van der Waals surface area contributed by atoms with Crippen LogP contribution in [-0.4, -0.2) is 0 Å². The Morgan fingerprint density at radius 3 is 0.625 bits per heavy atom. The maximum Gasteiger partial charge on any atom is 0 e. The molecule has 0 saturated heterocycles. The molecule has 0 aliphatic rings. The van der Waals surface area contributed by atoms with Crippen molar-refractivity contribution in [2.75, 3.05) is 0 Å². The van der Waals surface area contributed by atoms with Crippen molar-refractivity contribution >= 4 is 0 Å². The molecule has 3 aromatic carbocycles. The zero-order valence-corrected chi connectivity index (χ0v) is 10.7. The molecule has 0 fully saturated rings. The molecule has 0 saturated carbocycles. The van der Waals surface area contributed by atoms with Gasteiger partial charge in [0.2, 0.25) is 0 Å². The Morgan fingerprint density at radius 2 is 0.562 bits per heavy atom. The molecule has 0 spiro atoms.